The smallest absolute Gasteiger partial charge is 0.338 e. The van der Waals surface area contributed by atoms with Crippen LogP contribution in [-0.2, 0) is 4.74 Å². The Hall–Kier alpha value is -4.24. The molecule has 9 heteroatoms. The third kappa shape index (κ3) is 5.31. The molecule has 3 aromatic heterocycles. The molecule has 5 aromatic rings. The van der Waals surface area contributed by atoms with Gasteiger partial charge in [0.05, 0.1) is 18.8 Å². The van der Waals surface area contributed by atoms with E-state index in [1.807, 2.05) is 30.3 Å². The van der Waals surface area contributed by atoms with Gasteiger partial charge in [-0.2, -0.15) is 9.50 Å². The van der Waals surface area contributed by atoms with Crippen LogP contribution in [0.3, 0.4) is 0 Å². The fraction of sp³-hybridized carbons (Fsp3) is 0.214. The fourth-order valence-corrected chi connectivity index (χ4v) is 4.58. The van der Waals surface area contributed by atoms with E-state index in [1.165, 1.54) is 15.9 Å². The van der Waals surface area contributed by atoms with Gasteiger partial charge in [-0.1, -0.05) is 36.8 Å². The summed E-state index contributed by atoms with van der Waals surface area (Å²) in [6.07, 6.45) is 3.77. The van der Waals surface area contributed by atoms with E-state index in [4.69, 9.17) is 13.9 Å². The van der Waals surface area contributed by atoms with Gasteiger partial charge in [-0.15, -0.1) is 5.10 Å². The van der Waals surface area contributed by atoms with Crippen molar-refractivity contribution in [3.8, 4) is 28.5 Å². The number of unbranched alkanes of at least 4 members (excludes halogenated alkanes) is 1. The highest BCUT2D eigenvalue weighted by Gasteiger charge is 2.13. The molecule has 0 aliphatic rings. The first kappa shape index (κ1) is 24.5. The minimum absolute atomic E-state index is 0.255. The van der Waals surface area contributed by atoms with Crippen LogP contribution >= 0.6 is 11.3 Å². The van der Waals surface area contributed by atoms with Gasteiger partial charge in [-0.05, 0) is 61.9 Å². The Kier molecular flexibility index (Phi) is 7.14. The van der Waals surface area contributed by atoms with Gasteiger partial charge in [0.2, 0.25) is 4.96 Å². The Morgan fingerprint density at radius 1 is 1.03 bits per heavy atom. The topological polar surface area (TPSA) is 95.9 Å². The van der Waals surface area contributed by atoms with Crippen molar-refractivity contribution in [3.05, 3.63) is 86.9 Å². The summed E-state index contributed by atoms with van der Waals surface area (Å²) >= 11 is 1.25. The molecular weight excluding hydrogens is 490 g/mol. The summed E-state index contributed by atoms with van der Waals surface area (Å²) in [7, 11) is 0. The lowest BCUT2D eigenvalue weighted by molar-refractivity contribution is 0.0526. The van der Waals surface area contributed by atoms with E-state index in [1.54, 1.807) is 43.3 Å². The molecule has 8 nitrogen and oxygen atoms in total. The molecule has 0 saturated carbocycles. The monoisotopic (exact) mass is 515 g/mol. The SMILES string of the molecule is CCCCOc1ccc(-c2nc3sc(=Cc4ccc(-c5ccc(C(=O)OCC)cc5)o4)c(=O)n3n2)cc1. The third-order valence-corrected chi connectivity index (χ3v) is 6.60. The first-order valence-electron chi connectivity index (χ1n) is 12.1. The van der Waals surface area contributed by atoms with Crippen molar-refractivity contribution in [1.82, 2.24) is 14.6 Å². The van der Waals surface area contributed by atoms with Gasteiger partial charge in [0.15, 0.2) is 5.82 Å². The van der Waals surface area contributed by atoms with E-state index in [9.17, 15) is 9.59 Å². The number of benzene rings is 2. The molecule has 0 unspecified atom stereocenters. The van der Waals surface area contributed by atoms with Crippen molar-refractivity contribution in [2.75, 3.05) is 13.2 Å². The van der Waals surface area contributed by atoms with Gasteiger partial charge in [0.25, 0.3) is 5.56 Å². The zero-order valence-corrected chi connectivity index (χ0v) is 21.3. The van der Waals surface area contributed by atoms with Gasteiger partial charge in [0.1, 0.15) is 21.8 Å². The maximum atomic E-state index is 12.9. The predicted octanol–water partition coefficient (Wildman–Crippen LogP) is 4.98. The number of aromatic nitrogens is 3. The van der Waals surface area contributed by atoms with Gasteiger partial charge < -0.3 is 13.9 Å². The maximum absolute atomic E-state index is 12.9. The molecule has 5 rings (SSSR count). The zero-order valence-electron chi connectivity index (χ0n) is 20.5. The summed E-state index contributed by atoms with van der Waals surface area (Å²) in [5, 5.41) is 4.41. The zero-order chi connectivity index (χ0) is 25.8. The molecule has 188 valence electrons. The number of esters is 1. The van der Waals surface area contributed by atoms with Crippen LogP contribution in [-0.4, -0.2) is 33.8 Å². The first-order valence-corrected chi connectivity index (χ1v) is 12.9. The van der Waals surface area contributed by atoms with Crippen LogP contribution < -0.4 is 14.8 Å². The minimum atomic E-state index is -0.363. The molecule has 3 heterocycles. The fourth-order valence-electron chi connectivity index (χ4n) is 3.69. The number of furan rings is 1. The first-order chi connectivity index (χ1) is 18.1. The van der Waals surface area contributed by atoms with Crippen LogP contribution in [0.1, 0.15) is 42.8 Å². The maximum Gasteiger partial charge on any atom is 0.338 e. The Morgan fingerprint density at radius 3 is 2.49 bits per heavy atom. The molecule has 37 heavy (non-hydrogen) atoms. The molecule has 0 N–H and O–H groups in total. The quantitative estimate of drug-likeness (QED) is 0.202. The lowest BCUT2D eigenvalue weighted by atomic mass is 10.1. The number of ether oxygens (including phenoxy) is 2. The van der Waals surface area contributed by atoms with Crippen molar-refractivity contribution >= 4 is 28.3 Å². The summed E-state index contributed by atoms with van der Waals surface area (Å²) in [5.74, 6) is 2.08. The van der Waals surface area contributed by atoms with Crippen molar-refractivity contribution < 1.29 is 18.7 Å². The second-order valence-corrected chi connectivity index (χ2v) is 9.28. The van der Waals surface area contributed by atoms with Crippen molar-refractivity contribution in [2.45, 2.75) is 26.7 Å². The highest BCUT2D eigenvalue weighted by Crippen LogP contribution is 2.24. The summed E-state index contributed by atoms with van der Waals surface area (Å²) in [6, 6.07) is 18.1. The van der Waals surface area contributed by atoms with Gasteiger partial charge in [-0.25, -0.2) is 4.79 Å². The van der Waals surface area contributed by atoms with Gasteiger partial charge in [-0.3, -0.25) is 4.79 Å². The molecule has 0 radical (unpaired) electrons. The summed E-state index contributed by atoms with van der Waals surface area (Å²) in [6.45, 7) is 4.90. The number of carbonyl (C=O) groups is 1. The van der Waals surface area contributed by atoms with E-state index in [2.05, 4.69) is 17.0 Å². The van der Waals surface area contributed by atoms with Crippen LogP contribution in [0.4, 0.5) is 0 Å². The molecule has 0 aliphatic carbocycles. The number of hydrogen-bond acceptors (Lipinski definition) is 8. The van der Waals surface area contributed by atoms with Crippen LogP contribution in [0.25, 0.3) is 33.7 Å². The number of rotatable bonds is 9. The summed E-state index contributed by atoms with van der Waals surface area (Å²) in [4.78, 5) is 29.8. The molecule has 0 atom stereocenters. The van der Waals surface area contributed by atoms with Crippen LogP contribution in [0.15, 0.2) is 69.9 Å². The van der Waals surface area contributed by atoms with Crippen molar-refractivity contribution in [1.29, 1.82) is 0 Å². The highest BCUT2D eigenvalue weighted by atomic mass is 32.1. The summed E-state index contributed by atoms with van der Waals surface area (Å²) in [5.41, 5.74) is 1.84. The molecule has 0 bridgehead atoms. The average Bonchev–Trinajstić information content (AvgIpc) is 3.62. The van der Waals surface area contributed by atoms with Crippen LogP contribution in [0.2, 0.25) is 0 Å². The minimum Gasteiger partial charge on any atom is -0.494 e. The van der Waals surface area contributed by atoms with E-state index in [0.29, 0.717) is 45.6 Å². The molecule has 0 spiro atoms. The number of hydrogen-bond donors (Lipinski definition) is 0. The second-order valence-electron chi connectivity index (χ2n) is 8.27. The molecular formula is C28H25N3O5S. The molecule has 0 amide bonds. The Labute approximate surface area is 216 Å². The predicted molar refractivity (Wildman–Crippen MR) is 142 cm³/mol. The number of fused-ring (bicyclic) bond motifs is 1. The van der Waals surface area contributed by atoms with Gasteiger partial charge >= 0.3 is 5.97 Å². The van der Waals surface area contributed by atoms with Crippen LogP contribution in [0, 0.1) is 0 Å². The second kappa shape index (κ2) is 10.8. The normalized spacial score (nSPS) is 11.8. The van der Waals surface area contributed by atoms with Crippen molar-refractivity contribution in [3.63, 3.8) is 0 Å². The lowest BCUT2D eigenvalue weighted by Crippen LogP contribution is -2.23. The Bertz CT molecular complexity index is 1630. The Balaban J connectivity index is 1.34. The standard InChI is InChI=1S/C28H25N3O5S/c1-3-5-16-35-21-12-10-19(11-13-21)25-29-28-31(30-25)26(32)24(37-28)17-22-14-15-23(36-22)18-6-8-20(9-7-18)27(33)34-4-2/h6-15,17H,3-5,16H2,1-2H3. The molecule has 0 aliphatic heterocycles. The molecule has 2 aromatic carbocycles. The van der Waals surface area contributed by atoms with Gasteiger partial charge in [0, 0.05) is 17.2 Å². The van der Waals surface area contributed by atoms with E-state index < -0.39 is 0 Å². The average molecular weight is 516 g/mol. The lowest BCUT2D eigenvalue weighted by Gasteiger charge is -2.05. The van der Waals surface area contributed by atoms with E-state index in [-0.39, 0.29) is 11.5 Å². The van der Waals surface area contributed by atoms with Crippen LogP contribution in [0.5, 0.6) is 5.75 Å². The van der Waals surface area contributed by atoms with E-state index >= 15 is 0 Å². The number of nitrogens with zero attached hydrogens (tertiary/aromatic N) is 3. The largest absolute Gasteiger partial charge is 0.494 e. The number of thiazole rings is 1. The third-order valence-electron chi connectivity index (χ3n) is 5.64. The molecule has 0 saturated heterocycles. The Morgan fingerprint density at radius 2 is 1.78 bits per heavy atom. The van der Waals surface area contributed by atoms with Crippen molar-refractivity contribution in [2.24, 2.45) is 0 Å². The molecule has 0 fully saturated rings. The highest BCUT2D eigenvalue weighted by molar-refractivity contribution is 7.15. The summed E-state index contributed by atoms with van der Waals surface area (Å²) < 4.78 is 18.4. The van der Waals surface area contributed by atoms with E-state index in [0.717, 1.165) is 29.7 Å². The number of carbonyl (C=O) groups excluding carboxylic acids is 1.